The second-order valence-corrected chi connectivity index (χ2v) is 5.79. The molecule has 0 aliphatic heterocycles. The first-order chi connectivity index (χ1) is 10.8. The monoisotopic (exact) mass is 371 g/mol. The van der Waals surface area contributed by atoms with E-state index in [2.05, 4.69) is 0 Å². The Morgan fingerprint density at radius 3 is 2.17 bits per heavy atom. The van der Waals surface area contributed by atoms with Crippen molar-refractivity contribution < 1.29 is 14.8 Å². The predicted octanol–water partition coefficient (Wildman–Crippen LogP) is 5.18. The molecule has 0 spiro atoms. The van der Waals surface area contributed by atoms with Crippen LogP contribution in [0.15, 0.2) is 36.4 Å². The number of hydrogen-bond acceptors (Lipinski definition) is 3. The van der Waals surface area contributed by atoms with E-state index in [1.807, 2.05) is 0 Å². The van der Waals surface area contributed by atoms with E-state index in [4.69, 9.17) is 34.8 Å². The molecule has 23 heavy (non-hydrogen) atoms. The van der Waals surface area contributed by atoms with Gasteiger partial charge in [-0.15, -0.1) is 0 Å². The van der Waals surface area contributed by atoms with Crippen molar-refractivity contribution in [3.63, 3.8) is 0 Å². The Labute approximate surface area is 145 Å². The van der Waals surface area contributed by atoms with E-state index in [0.717, 1.165) is 6.07 Å². The molecule has 0 amide bonds. The molecule has 0 heterocycles. The van der Waals surface area contributed by atoms with Gasteiger partial charge in [-0.2, -0.15) is 0 Å². The number of nitrogens with zero attached hydrogens (tertiary/aromatic N) is 1. The van der Waals surface area contributed by atoms with Gasteiger partial charge in [-0.25, -0.2) is 4.79 Å². The lowest BCUT2D eigenvalue weighted by Gasteiger charge is -2.06. The van der Waals surface area contributed by atoms with E-state index in [0.29, 0.717) is 15.6 Å². The summed E-state index contributed by atoms with van der Waals surface area (Å²) < 4.78 is 0. The molecule has 0 unspecified atom stereocenters. The molecule has 0 aliphatic rings. The minimum absolute atomic E-state index is 0.0667. The molecule has 0 fully saturated rings. The molecule has 0 radical (unpaired) electrons. The maximum atomic E-state index is 11.5. The topological polar surface area (TPSA) is 80.4 Å². The number of rotatable bonds is 4. The highest BCUT2D eigenvalue weighted by Crippen LogP contribution is 2.31. The van der Waals surface area contributed by atoms with Crippen molar-refractivity contribution in [1.29, 1.82) is 0 Å². The zero-order valence-electron chi connectivity index (χ0n) is 11.3. The van der Waals surface area contributed by atoms with Crippen molar-refractivity contribution in [1.82, 2.24) is 0 Å². The van der Waals surface area contributed by atoms with Crippen molar-refractivity contribution in [2.45, 2.75) is 0 Å². The molecule has 1 N–H and O–H groups in total. The lowest BCUT2D eigenvalue weighted by atomic mass is 10.0. The van der Waals surface area contributed by atoms with E-state index in [9.17, 15) is 20.0 Å². The Bertz CT molecular complexity index is 813. The summed E-state index contributed by atoms with van der Waals surface area (Å²) in [6, 6.07) is 8.25. The number of nitro groups is 1. The van der Waals surface area contributed by atoms with Gasteiger partial charge in [0.1, 0.15) is 0 Å². The molecule has 0 aromatic heterocycles. The number of halogens is 3. The molecule has 2 aromatic carbocycles. The lowest BCUT2D eigenvalue weighted by Crippen LogP contribution is -2.03. The highest BCUT2D eigenvalue weighted by Gasteiger charge is 2.22. The Hall–Kier alpha value is -2.08. The molecule has 118 valence electrons. The van der Waals surface area contributed by atoms with Gasteiger partial charge in [0.05, 0.1) is 16.1 Å². The molecule has 8 heteroatoms. The van der Waals surface area contributed by atoms with E-state index >= 15 is 0 Å². The summed E-state index contributed by atoms with van der Waals surface area (Å²) >= 11 is 17.5. The smallest absolute Gasteiger partial charge is 0.336 e. The number of carbonyl (C=O) groups is 1. The van der Waals surface area contributed by atoms with Crippen LogP contribution in [0, 0.1) is 10.1 Å². The van der Waals surface area contributed by atoms with Crippen LogP contribution in [0.25, 0.3) is 11.6 Å². The molecule has 0 bridgehead atoms. The second-order valence-electron chi connectivity index (χ2n) is 4.48. The van der Waals surface area contributed by atoms with Crippen LogP contribution in [-0.2, 0) is 4.79 Å². The quantitative estimate of drug-likeness (QED) is 0.347. The predicted molar refractivity (Wildman–Crippen MR) is 90.1 cm³/mol. The van der Waals surface area contributed by atoms with Gasteiger partial charge in [0.2, 0.25) is 0 Å². The third kappa shape index (κ3) is 4.22. The normalized spacial score (nSPS) is 11.3. The largest absolute Gasteiger partial charge is 0.478 e. The van der Waals surface area contributed by atoms with Gasteiger partial charge in [-0.05, 0) is 42.0 Å². The zero-order chi connectivity index (χ0) is 17.1. The van der Waals surface area contributed by atoms with Gasteiger partial charge < -0.3 is 5.11 Å². The maximum Gasteiger partial charge on any atom is 0.336 e. The minimum atomic E-state index is -1.33. The Balaban J connectivity index is 2.66. The van der Waals surface area contributed by atoms with Crippen molar-refractivity contribution >= 4 is 58.1 Å². The molecular weight excluding hydrogens is 365 g/mol. The molecule has 2 aromatic rings. The Morgan fingerprint density at radius 1 is 1.04 bits per heavy atom. The summed E-state index contributed by atoms with van der Waals surface area (Å²) in [7, 11) is 0. The fraction of sp³-hybridized carbons (Fsp3) is 0. The molecule has 0 aliphatic carbocycles. The van der Waals surface area contributed by atoms with Gasteiger partial charge in [-0.1, -0.05) is 34.8 Å². The summed E-state index contributed by atoms with van der Waals surface area (Å²) in [6.45, 7) is 0. The SMILES string of the molecule is O=C(O)/C(=C\c1cc(Cl)cc(Cl)c1)c1ccc(Cl)cc1[N+](=O)[O-]. The van der Waals surface area contributed by atoms with Crippen molar-refractivity contribution in [3.05, 3.63) is 72.7 Å². The number of benzene rings is 2. The number of hydrogen-bond donors (Lipinski definition) is 1. The third-order valence-electron chi connectivity index (χ3n) is 2.87. The highest BCUT2D eigenvalue weighted by molar-refractivity contribution is 6.35. The average Bonchev–Trinajstić information content (AvgIpc) is 2.43. The number of carboxylic acids is 1. The van der Waals surface area contributed by atoms with Crippen LogP contribution in [0.3, 0.4) is 0 Å². The standard InChI is InChI=1S/C15H8Cl3NO4/c16-9-1-2-12(14(7-9)19(22)23)13(15(20)21)5-8-3-10(17)6-11(18)4-8/h1-7H,(H,20,21)/b13-5-. The molecule has 0 atom stereocenters. The maximum absolute atomic E-state index is 11.5. The van der Waals surface area contributed by atoms with E-state index in [1.165, 1.54) is 36.4 Å². The Morgan fingerprint density at radius 2 is 1.65 bits per heavy atom. The van der Waals surface area contributed by atoms with Gasteiger partial charge in [0.15, 0.2) is 0 Å². The van der Waals surface area contributed by atoms with Crippen LogP contribution in [0.4, 0.5) is 5.69 Å². The average molecular weight is 373 g/mol. The van der Waals surface area contributed by atoms with Crippen molar-refractivity contribution in [3.8, 4) is 0 Å². The van der Waals surface area contributed by atoms with Crippen molar-refractivity contribution in [2.24, 2.45) is 0 Å². The summed E-state index contributed by atoms with van der Waals surface area (Å²) in [5.74, 6) is -1.33. The first-order valence-electron chi connectivity index (χ1n) is 6.13. The number of carboxylic acid groups (broad SMARTS) is 1. The number of nitro benzene ring substituents is 1. The second kappa shape index (κ2) is 7.00. The van der Waals surface area contributed by atoms with Crippen LogP contribution in [0.5, 0.6) is 0 Å². The van der Waals surface area contributed by atoms with Crippen LogP contribution in [0.1, 0.15) is 11.1 Å². The number of aliphatic carboxylic acids is 1. The minimum Gasteiger partial charge on any atom is -0.478 e. The summed E-state index contributed by atoms with van der Waals surface area (Å²) in [4.78, 5) is 22.0. The van der Waals surface area contributed by atoms with Gasteiger partial charge >= 0.3 is 5.97 Å². The Kier molecular flexibility index (Phi) is 5.26. The summed E-state index contributed by atoms with van der Waals surface area (Å²) in [5, 5.41) is 21.3. The van der Waals surface area contributed by atoms with Gasteiger partial charge in [0.25, 0.3) is 5.69 Å². The van der Waals surface area contributed by atoms with Crippen LogP contribution in [0.2, 0.25) is 15.1 Å². The van der Waals surface area contributed by atoms with Crippen LogP contribution >= 0.6 is 34.8 Å². The summed E-state index contributed by atoms with van der Waals surface area (Å²) in [5.41, 5.74) is -0.335. The highest BCUT2D eigenvalue weighted by atomic mass is 35.5. The fourth-order valence-electron chi connectivity index (χ4n) is 1.96. The molecule has 0 saturated heterocycles. The molecular formula is C15H8Cl3NO4. The van der Waals surface area contributed by atoms with Gasteiger partial charge in [-0.3, -0.25) is 10.1 Å². The van der Waals surface area contributed by atoms with Crippen molar-refractivity contribution in [2.75, 3.05) is 0 Å². The van der Waals surface area contributed by atoms with Crippen LogP contribution < -0.4 is 0 Å². The molecule has 2 rings (SSSR count). The van der Waals surface area contributed by atoms with E-state index in [1.54, 1.807) is 0 Å². The van der Waals surface area contributed by atoms with Gasteiger partial charge in [0, 0.05) is 21.1 Å². The van der Waals surface area contributed by atoms with Crippen LogP contribution in [-0.4, -0.2) is 16.0 Å². The van der Waals surface area contributed by atoms with E-state index < -0.39 is 16.6 Å². The molecule has 0 saturated carbocycles. The fourth-order valence-corrected chi connectivity index (χ4v) is 2.67. The summed E-state index contributed by atoms with van der Waals surface area (Å²) in [6.07, 6.45) is 1.26. The molecule has 5 nitrogen and oxygen atoms in total. The first kappa shape index (κ1) is 17.3. The van der Waals surface area contributed by atoms with E-state index in [-0.39, 0.29) is 16.2 Å². The lowest BCUT2D eigenvalue weighted by molar-refractivity contribution is -0.385. The zero-order valence-corrected chi connectivity index (χ0v) is 13.6. The first-order valence-corrected chi connectivity index (χ1v) is 7.26. The third-order valence-corrected chi connectivity index (χ3v) is 3.54.